The summed E-state index contributed by atoms with van der Waals surface area (Å²) in [5.74, 6) is 0.0448. The second kappa shape index (κ2) is 10.5. The molecule has 0 aliphatic rings. The first-order valence-electron chi connectivity index (χ1n) is 10.3. The third-order valence-electron chi connectivity index (χ3n) is 4.98. The van der Waals surface area contributed by atoms with E-state index in [1.54, 1.807) is 6.33 Å². The number of benzene rings is 3. The van der Waals surface area contributed by atoms with E-state index in [0.29, 0.717) is 23.3 Å². The Labute approximate surface area is 197 Å². The highest BCUT2D eigenvalue weighted by atomic mass is 35.5. The number of thioether (sulfide) groups is 1. The van der Waals surface area contributed by atoms with Crippen LogP contribution in [0.3, 0.4) is 0 Å². The van der Waals surface area contributed by atoms with Gasteiger partial charge in [0.2, 0.25) is 5.91 Å². The second-order valence-electron chi connectivity index (χ2n) is 7.39. The quantitative estimate of drug-likeness (QED) is 0.318. The second-order valence-corrected chi connectivity index (χ2v) is 9.13. The van der Waals surface area contributed by atoms with Gasteiger partial charge in [0.05, 0.1) is 10.9 Å². The lowest BCUT2D eigenvalue weighted by Crippen LogP contribution is -2.35. The summed E-state index contributed by atoms with van der Waals surface area (Å²) < 4.78 is 1.85. The Morgan fingerprint density at radius 1 is 0.969 bits per heavy atom. The number of carbonyl (C=O) groups excluding carboxylic acids is 1. The van der Waals surface area contributed by atoms with Crippen LogP contribution in [0.1, 0.15) is 18.1 Å². The molecule has 0 spiro atoms. The van der Waals surface area contributed by atoms with Crippen LogP contribution >= 0.6 is 23.4 Å². The van der Waals surface area contributed by atoms with Crippen molar-refractivity contribution in [1.29, 1.82) is 0 Å². The Morgan fingerprint density at radius 3 is 2.19 bits per heavy atom. The summed E-state index contributed by atoms with van der Waals surface area (Å²) in [6.45, 7) is 2.99. The van der Waals surface area contributed by atoms with Gasteiger partial charge in [0.15, 0.2) is 5.16 Å². The average Bonchev–Trinajstić information content (AvgIpc) is 3.27. The summed E-state index contributed by atoms with van der Waals surface area (Å²) in [6, 6.07) is 27.6. The molecule has 4 aromatic rings. The number of hydrogen-bond donors (Lipinski definition) is 0. The highest BCUT2D eigenvalue weighted by molar-refractivity contribution is 8.00. The van der Waals surface area contributed by atoms with E-state index in [1.165, 1.54) is 11.8 Å². The van der Waals surface area contributed by atoms with Crippen molar-refractivity contribution in [1.82, 2.24) is 19.7 Å². The van der Waals surface area contributed by atoms with Gasteiger partial charge in [-0.05, 0) is 36.2 Å². The molecule has 5 nitrogen and oxygen atoms in total. The predicted octanol–water partition coefficient (Wildman–Crippen LogP) is 5.63. The number of carbonyl (C=O) groups is 1. The maximum atomic E-state index is 13.5. The van der Waals surface area contributed by atoms with Crippen LogP contribution < -0.4 is 0 Å². The van der Waals surface area contributed by atoms with Crippen molar-refractivity contribution >= 4 is 29.3 Å². The van der Waals surface area contributed by atoms with Crippen LogP contribution in [0.4, 0.5) is 0 Å². The number of nitrogens with zero attached hydrogens (tertiary/aromatic N) is 4. The van der Waals surface area contributed by atoms with Crippen molar-refractivity contribution in [3.8, 4) is 5.69 Å². The molecule has 1 amide bonds. The smallest absolute Gasteiger partial charge is 0.236 e. The summed E-state index contributed by atoms with van der Waals surface area (Å²) >= 11 is 7.53. The van der Waals surface area contributed by atoms with E-state index in [0.717, 1.165) is 16.8 Å². The molecule has 0 saturated carbocycles. The molecule has 1 heterocycles. The molecule has 0 bridgehead atoms. The molecule has 0 aliphatic heterocycles. The van der Waals surface area contributed by atoms with E-state index in [-0.39, 0.29) is 11.2 Å². The average molecular weight is 463 g/mol. The monoisotopic (exact) mass is 462 g/mol. The lowest BCUT2D eigenvalue weighted by atomic mass is 10.1. The Hall–Kier alpha value is -3.09. The number of halogens is 1. The molecule has 162 valence electrons. The minimum Gasteiger partial charge on any atom is -0.333 e. The zero-order valence-corrected chi connectivity index (χ0v) is 19.2. The Bertz CT molecular complexity index is 1130. The Balaban J connectivity index is 1.54. The van der Waals surface area contributed by atoms with Crippen LogP contribution in [0.15, 0.2) is 96.4 Å². The van der Waals surface area contributed by atoms with Gasteiger partial charge in [0.25, 0.3) is 0 Å². The molecule has 3 aromatic carbocycles. The number of hydrogen-bond acceptors (Lipinski definition) is 4. The SMILES string of the molecule is CC(Sc1nncn1-c1cccc(Cl)c1)C(=O)N(Cc1ccccc1)Cc1ccccc1. The van der Waals surface area contributed by atoms with Crippen molar-refractivity contribution in [2.45, 2.75) is 30.4 Å². The van der Waals surface area contributed by atoms with Gasteiger partial charge < -0.3 is 4.90 Å². The molecule has 0 saturated heterocycles. The molecule has 0 N–H and O–H groups in total. The van der Waals surface area contributed by atoms with Crippen LogP contribution in [0.2, 0.25) is 5.02 Å². The summed E-state index contributed by atoms with van der Waals surface area (Å²) in [5, 5.41) is 9.21. The fraction of sp³-hybridized carbons (Fsp3) is 0.160. The minimum absolute atomic E-state index is 0.0448. The van der Waals surface area contributed by atoms with Crippen LogP contribution in [-0.2, 0) is 17.9 Å². The van der Waals surface area contributed by atoms with Crippen molar-refractivity contribution in [2.75, 3.05) is 0 Å². The first-order chi connectivity index (χ1) is 15.6. The molecule has 0 fully saturated rings. The van der Waals surface area contributed by atoms with Gasteiger partial charge in [0.1, 0.15) is 6.33 Å². The molecular formula is C25H23ClN4OS. The van der Waals surface area contributed by atoms with E-state index in [4.69, 9.17) is 11.6 Å². The van der Waals surface area contributed by atoms with Gasteiger partial charge in [-0.1, -0.05) is 90.1 Å². The topological polar surface area (TPSA) is 51.0 Å². The predicted molar refractivity (Wildman–Crippen MR) is 129 cm³/mol. The van der Waals surface area contributed by atoms with Gasteiger partial charge >= 0.3 is 0 Å². The van der Waals surface area contributed by atoms with E-state index in [9.17, 15) is 4.79 Å². The van der Waals surface area contributed by atoms with Gasteiger partial charge in [-0.15, -0.1) is 10.2 Å². The maximum absolute atomic E-state index is 13.5. The minimum atomic E-state index is -0.343. The van der Waals surface area contributed by atoms with E-state index >= 15 is 0 Å². The van der Waals surface area contributed by atoms with Crippen molar-refractivity contribution < 1.29 is 4.79 Å². The Morgan fingerprint density at radius 2 is 1.59 bits per heavy atom. The highest BCUT2D eigenvalue weighted by Gasteiger charge is 2.24. The maximum Gasteiger partial charge on any atom is 0.236 e. The number of rotatable bonds is 8. The zero-order valence-electron chi connectivity index (χ0n) is 17.6. The standard InChI is InChI=1S/C25H23ClN4OS/c1-19(32-25-28-27-18-30(25)23-14-8-13-22(26)15-23)24(31)29(16-20-9-4-2-5-10-20)17-21-11-6-3-7-12-21/h2-15,18-19H,16-17H2,1H3. The molecule has 0 aliphatic carbocycles. The third kappa shape index (κ3) is 5.58. The van der Waals surface area contributed by atoms with E-state index < -0.39 is 0 Å². The van der Waals surface area contributed by atoms with Gasteiger partial charge in [-0.25, -0.2) is 0 Å². The highest BCUT2D eigenvalue weighted by Crippen LogP contribution is 2.27. The van der Waals surface area contributed by atoms with E-state index in [1.807, 2.05) is 101 Å². The molecule has 1 atom stereocenters. The van der Waals surface area contributed by atoms with Crippen LogP contribution in [0.5, 0.6) is 0 Å². The largest absolute Gasteiger partial charge is 0.333 e. The fourth-order valence-electron chi connectivity index (χ4n) is 3.39. The zero-order chi connectivity index (χ0) is 22.3. The number of amides is 1. The van der Waals surface area contributed by atoms with Gasteiger partial charge in [-0.2, -0.15) is 0 Å². The molecule has 4 rings (SSSR count). The first-order valence-corrected chi connectivity index (χ1v) is 11.5. The van der Waals surface area contributed by atoms with Crippen LogP contribution in [0.25, 0.3) is 5.69 Å². The lowest BCUT2D eigenvalue weighted by molar-refractivity contribution is -0.131. The summed E-state index contributed by atoms with van der Waals surface area (Å²) in [7, 11) is 0. The van der Waals surface area contributed by atoms with Gasteiger partial charge in [0, 0.05) is 18.1 Å². The molecule has 0 radical (unpaired) electrons. The third-order valence-corrected chi connectivity index (χ3v) is 6.26. The lowest BCUT2D eigenvalue weighted by Gasteiger charge is -2.26. The van der Waals surface area contributed by atoms with Crippen LogP contribution in [0, 0.1) is 0 Å². The molecular weight excluding hydrogens is 440 g/mol. The van der Waals surface area contributed by atoms with Gasteiger partial charge in [-0.3, -0.25) is 9.36 Å². The molecule has 7 heteroatoms. The molecule has 1 aromatic heterocycles. The van der Waals surface area contributed by atoms with Crippen LogP contribution in [-0.4, -0.2) is 30.8 Å². The summed E-state index contributed by atoms with van der Waals surface area (Å²) in [5.41, 5.74) is 3.04. The van der Waals surface area contributed by atoms with E-state index in [2.05, 4.69) is 10.2 Å². The Kier molecular flexibility index (Phi) is 7.24. The normalized spacial score (nSPS) is 11.8. The molecule has 32 heavy (non-hydrogen) atoms. The van der Waals surface area contributed by atoms with Crippen molar-refractivity contribution in [3.05, 3.63) is 107 Å². The molecule has 1 unspecified atom stereocenters. The number of aromatic nitrogens is 3. The van der Waals surface area contributed by atoms with Crippen molar-refractivity contribution in [3.63, 3.8) is 0 Å². The summed E-state index contributed by atoms with van der Waals surface area (Å²) in [4.78, 5) is 15.4. The first kappa shape index (κ1) is 22.1. The summed E-state index contributed by atoms with van der Waals surface area (Å²) in [6.07, 6.45) is 1.64. The van der Waals surface area contributed by atoms with Crippen molar-refractivity contribution in [2.24, 2.45) is 0 Å². The fourth-order valence-corrected chi connectivity index (χ4v) is 4.50.